The molecule has 1 heterocycles. The Morgan fingerprint density at radius 2 is 1.79 bits per heavy atom. The Morgan fingerprint density at radius 1 is 1.00 bits per heavy atom. The summed E-state index contributed by atoms with van der Waals surface area (Å²) < 4.78 is 10.6. The Kier molecular flexibility index (Phi) is 6.11. The number of hydrogen-bond donors (Lipinski definition) is 2. The van der Waals surface area contributed by atoms with Crippen molar-refractivity contribution >= 4 is 17.4 Å². The first kappa shape index (κ1) is 19.2. The van der Waals surface area contributed by atoms with E-state index in [-0.39, 0.29) is 5.91 Å². The molecule has 28 heavy (non-hydrogen) atoms. The summed E-state index contributed by atoms with van der Waals surface area (Å²) in [5.41, 5.74) is 3.55. The highest BCUT2D eigenvalue weighted by molar-refractivity contribution is 5.94. The monoisotopic (exact) mass is 377 g/mol. The summed E-state index contributed by atoms with van der Waals surface area (Å²) in [6, 6.07) is 16.9. The van der Waals surface area contributed by atoms with Crippen molar-refractivity contribution in [2.45, 2.75) is 13.5 Å². The lowest BCUT2D eigenvalue weighted by Crippen LogP contribution is -2.23. The lowest BCUT2D eigenvalue weighted by Gasteiger charge is -2.12. The standard InChI is InChI=1S/C22H23N3O3/c1-15-6-4-5-7-17(15)14-24-22(26)16-10-11-23-21(12-16)25-18-8-9-19(27-2)20(13-18)28-3/h4-13H,14H2,1-3H3,(H,23,25)(H,24,26). The molecule has 2 N–H and O–H groups in total. The van der Waals surface area contributed by atoms with E-state index in [1.165, 1.54) is 0 Å². The summed E-state index contributed by atoms with van der Waals surface area (Å²) in [5.74, 6) is 1.67. The van der Waals surface area contributed by atoms with Crippen LogP contribution in [0.1, 0.15) is 21.5 Å². The normalized spacial score (nSPS) is 10.2. The predicted molar refractivity (Wildman–Crippen MR) is 109 cm³/mol. The van der Waals surface area contributed by atoms with Crippen molar-refractivity contribution < 1.29 is 14.3 Å². The maximum atomic E-state index is 12.5. The first-order valence-electron chi connectivity index (χ1n) is 8.88. The van der Waals surface area contributed by atoms with Crippen molar-refractivity contribution in [3.05, 3.63) is 77.5 Å². The number of nitrogens with one attached hydrogen (secondary N) is 2. The van der Waals surface area contributed by atoms with Gasteiger partial charge < -0.3 is 20.1 Å². The van der Waals surface area contributed by atoms with E-state index in [4.69, 9.17) is 9.47 Å². The number of carbonyl (C=O) groups is 1. The minimum absolute atomic E-state index is 0.152. The van der Waals surface area contributed by atoms with E-state index in [9.17, 15) is 4.79 Å². The average Bonchev–Trinajstić information content (AvgIpc) is 2.73. The first-order valence-corrected chi connectivity index (χ1v) is 8.88. The molecule has 0 bridgehead atoms. The Hall–Kier alpha value is -3.54. The van der Waals surface area contributed by atoms with Gasteiger partial charge in [-0.1, -0.05) is 24.3 Å². The number of aryl methyl sites for hydroxylation is 1. The molecule has 1 amide bonds. The third-order valence-electron chi connectivity index (χ3n) is 4.38. The lowest BCUT2D eigenvalue weighted by atomic mass is 10.1. The molecule has 0 aliphatic heterocycles. The van der Waals surface area contributed by atoms with Crippen LogP contribution in [0.2, 0.25) is 0 Å². The van der Waals surface area contributed by atoms with Gasteiger partial charge in [-0.05, 0) is 42.3 Å². The molecular weight excluding hydrogens is 354 g/mol. The number of anilines is 2. The number of benzene rings is 2. The molecule has 3 rings (SSSR count). The van der Waals surface area contributed by atoms with Gasteiger partial charge in [-0.15, -0.1) is 0 Å². The number of methoxy groups -OCH3 is 2. The second-order valence-corrected chi connectivity index (χ2v) is 6.23. The van der Waals surface area contributed by atoms with Gasteiger partial charge in [-0.3, -0.25) is 4.79 Å². The molecule has 0 radical (unpaired) electrons. The van der Waals surface area contributed by atoms with Gasteiger partial charge in [0, 0.05) is 30.1 Å². The minimum Gasteiger partial charge on any atom is -0.493 e. The number of nitrogens with zero attached hydrogens (tertiary/aromatic N) is 1. The van der Waals surface area contributed by atoms with Crippen molar-refractivity contribution in [1.82, 2.24) is 10.3 Å². The van der Waals surface area contributed by atoms with Gasteiger partial charge in [-0.2, -0.15) is 0 Å². The zero-order valence-corrected chi connectivity index (χ0v) is 16.2. The van der Waals surface area contributed by atoms with E-state index >= 15 is 0 Å². The van der Waals surface area contributed by atoms with Gasteiger partial charge in [0.1, 0.15) is 5.82 Å². The lowest BCUT2D eigenvalue weighted by molar-refractivity contribution is 0.0951. The third kappa shape index (κ3) is 4.59. The van der Waals surface area contributed by atoms with Crippen molar-refractivity contribution in [2.24, 2.45) is 0 Å². The zero-order valence-electron chi connectivity index (χ0n) is 16.2. The first-order chi connectivity index (χ1) is 13.6. The summed E-state index contributed by atoms with van der Waals surface area (Å²) in [6.45, 7) is 2.51. The maximum Gasteiger partial charge on any atom is 0.251 e. The summed E-state index contributed by atoms with van der Waals surface area (Å²) in [6.07, 6.45) is 1.60. The molecule has 0 fully saturated rings. The Balaban J connectivity index is 1.70. The Morgan fingerprint density at radius 3 is 2.54 bits per heavy atom. The molecule has 1 aromatic heterocycles. The largest absolute Gasteiger partial charge is 0.493 e. The van der Waals surface area contributed by atoms with Crippen LogP contribution in [0.5, 0.6) is 11.5 Å². The number of amides is 1. The molecule has 0 saturated carbocycles. The quantitative estimate of drug-likeness (QED) is 0.649. The predicted octanol–water partition coefficient (Wildman–Crippen LogP) is 4.08. The summed E-state index contributed by atoms with van der Waals surface area (Å²) >= 11 is 0. The molecule has 144 valence electrons. The third-order valence-corrected chi connectivity index (χ3v) is 4.38. The molecule has 6 nitrogen and oxygen atoms in total. The van der Waals surface area contributed by atoms with Crippen LogP contribution in [0, 0.1) is 6.92 Å². The van der Waals surface area contributed by atoms with Gasteiger partial charge in [0.2, 0.25) is 0 Å². The number of ether oxygens (including phenoxy) is 2. The topological polar surface area (TPSA) is 72.5 Å². The van der Waals surface area contributed by atoms with E-state index in [0.29, 0.717) is 29.4 Å². The molecule has 0 atom stereocenters. The van der Waals surface area contributed by atoms with Crippen molar-refractivity contribution in [1.29, 1.82) is 0 Å². The number of pyridine rings is 1. The van der Waals surface area contributed by atoms with Crippen LogP contribution in [0.25, 0.3) is 0 Å². The van der Waals surface area contributed by atoms with Gasteiger partial charge in [-0.25, -0.2) is 4.98 Å². The summed E-state index contributed by atoms with van der Waals surface area (Å²) in [5, 5.41) is 6.13. The molecule has 0 aliphatic rings. The highest BCUT2D eigenvalue weighted by atomic mass is 16.5. The molecule has 3 aromatic rings. The fourth-order valence-electron chi connectivity index (χ4n) is 2.79. The van der Waals surface area contributed by atoms with Crippen molar-refractivity contribution in [2.75, 3.05) is 19.5 Å². The van der Waals surface area contributed by atoms with Gasteiger partial charge >= 0.3 is 0 Å². The number of hydrogen-bond acceptors (Lipinski definition) is 5. The van der Waals surface area contributed by atoms with E-state index in [2.05, 4.69) is 15.6 Å². The smallest absolute Gasteiger partial charge is 0.251 e. The van der Waals surface area contributed by atoms with E-state index in [1.54, 1.807) is 38.6 Å². The second-order valence-electron chi connectivity index (χ2n) is 6.23. The van der Waals surface area contributed by atoms with Crippen molar-refractivity contribution in [3.63, 3.8) is 0 Å². The Labute approximate surface area is 164 Å². The summed E-state index contributed by atoms with van der Waals surface area (Å²) in [4.78, 5) is 16.8. The fourth-order valence-corrected chi connectivity index (χ4v) is 2.79. The van der Waals surface area contributed by atoms with E-state index < -0.39 is 0 Å². The highest BCUT2D eigenvalue weighted by Crippen LogP contribution is 2.30. The molecule has 0 aliphatic carbocycles. The van der Waals surface area contributed by atoms with Crippen LogP contribution in [0.15, 0.2) is 60.8 Å². The highest BCUT2D eigenvalue weighted by Gasteiger charge is 2.09. The molecule has 0 saturated heterocycles. The number of carbonyl (C=O) groups excluding carboxylic acids is 1. The average molecular weight is 377 g/mol. The minimum atomic E-state index is -0.152. The molecular formula is C22H23N3O3. The Bertz CT molecular complexity index is 973. The van der Waals surface area contributed by atoms with Crippen LogP contribution in [-0.4, -0.2) is 25.1 Å². The van der Waals surface area contributed by atoms with E-state index in [0.717, 1.165) is 16.8 Å². The van der Waals surface area contributed by atoms with Crippen LogP contribution in [-0.2, 0) is 6.54 Å². The summed E-state index contributed by atoms with van der Waals surface area (Å²) in [7, 11) is 3.17. The van der Waals surface area contributed by atoms with Crippen LogP contribution in [0.4, 0.5) is 11.5 Å². The molecule has 2 aromatic carbocycles. The van der Waals surface area contributed by atoms with Gasteiger partial charge in [0.05, 0.1) is 14.2 Å². The van der Waals surface area contributed by atoms with Crippen molar-refractivity contribution in [3.8, 4) is 11.5 Å². The zero-order chi connectivity index (χ0) is 19.9. The fraction of sp³-hybridized carbons (Fsp3) is 0.182. The number of rotatable bonds is 7. The van der Waals surface area contributed by atoms with Crippen LogP contribution in [0.3, 0.4) is 0 Å². The van der Waals surface area contributed by atoms with Gasteiger partial charge in [0.15, 0.2) is 11.5 Å². The maximum absolute atomic E-state index is 12.5. The molecule has 0 unspecified atom stereocenters. The van der Waals surface area contributed by atoms with Gasteiger partial charge in [0.25, 0.3) is 5.91 Å². The van der Waals surface area contributed by atoms with E-state index in [1.807, 2.05) is 43.3 Å². The molecule has 0 spiro atoms. The number of aromatic nitrogens is 1. The van der Waals surface area contributed by atoms with Crippen LogP contribution >= 0.6 is 0 Å². The molecule has 6 heteroatoms. The SMILES string of the molecule is COc1ccc(Nc2cc(C(=O)NCc3ccccc3C)ccn2)cc1OC. The van der Waals surface area contributed by atoms with Crippen LogP contribution < -0.4 is 20.1 Å². The second kappa shape index (κ2) is 8.90.